The lowest BCUT2D eigenvalue weighted by molar-refractivity contribution is -0.100. The topological polar surface area (TPSA) is 37.8 Å². The predicted molar refractivity (Wildman–Crippen MR) is 90.3 cm³/mol. The number of likely N-dealkylation sites (N-methyl/N-ethyl adjacent to an activating group) is 1. The molecule has 2 saturated heterocycles. The third kappa shape index (κ3) is 4.73. The summed E-state index contributed by atoms with van der Waals surface area (Å²) >= 11 is 0. The molecule has 0 saturated carbocycles. The van der Waals surface area contributed by atoms with Crippen LogP contribution < -0.4 is 0 Å². The van der Waals surface area contributed by atoms with Crippen molar-refractivity contribution in [3.63, 3.8) is 0 Å². The van der Waals surface area contributed by atoms with Crippen LogP contribution in [-0.4, -0.2) is 73.4 Å². The molecule has 0 spiro atoms. The van der Waals surface area contributed by atoms with Gasteiger partial charge in [0.25, 0.3) is 0 Å². The van der Waals surface area contributed by atoms with Crippen LogP contribution in [0.15, 0.2) is 24.5 Å². The van der Waals surface area contributed by atoms with E-state index < -0.39 is 0 Å². The molecule has 0 aliphatic carbocycles. The van der Waals surface area contributed by atoms with Gasteiger partial charge in [-0.05, 0) is 45.0 Å². The third-order valence-electron chi connectivity index (χ3n) is 4.85. The molecule has 3 heterocycles. The van der Waals surface area contributed by atoms with Crippen LogP contribution in [0, 0.1) is 0 Å². The van der Waals surface area contributed by atoms with Crippen molar-refractivity contribution in [1.29, 1.82) is 0 Å². The average molecular weight is 319 g/mol. The molecule has 0 amide bonds. The van der Waals surface area contributed by atoms with Crippen molar-refractivity contribution >= 4 is 0 Å². The molecule has 2 fully saturated rings. The fourth-order valence-corrected chi connectivity index (χ4v) is 3.59. The Morgan fingerprint density at radius 2 is 2.26 bits per heavy atom. The Bertz CT molecular complexity index is 469. The van der Waals surface area contributed by atoms with E-state index in [9.17, 15) is 0 Å². The molecule has 1 aromatic heterocycles. The fraction of sp³-hybridized carbons (Fsp3) is 0.722. The normalized spacial score (nSPS) is 28.2. The monoisotopic (exact) mass is 319 g/mol. The number of likely N-dealkylation sites (tertiary alicyclic amines) is 1. The van der Waals surface area contributed by atoms with Gasteiger partial charge in [-0.25, -0.2) is 0 Å². The highest BCUT2D eigenvalue weighted by atomic mass is 16.5. The zero-order valence-electron chi connectivity index (χ0n) is 14.4. The average Bonchev–Trinajstić information content (AvgIpc) is 2.95. The highest BCUT2D eigenvalue weighted by molar-refractivity contribution is 5.09. The van der Waals surface area contributed by atoms with E-state index in [2.05, 4.69) is 34.9 Å². The summed E-state index contributed by atoms with van der Waals surface area (Å²) in [7, 11) is 4.14. The number of fused-ring (bicyclic) bond motifs is 1. The molecule has 3 atom stereocenters. The van der Waals surface area contributed by atoms with Crippen molar-refractivity contribution < 1.29 is 9.47 Å². The summed E-state index contributed by atoms with van der Waals surface area (Å²) in [5.41, 5.74) is 1.29. The van der Waals surface area contributed by atoms with Gasteiger partial charge in [-0.15, -0.1) is 0 Å². The lowest BCUT2D eigenvalue weighted by Crippen LogP contribution is -2.43. The van der Waals surface area contributed by atoms with Gasteiger partial charge in [-0.2, -0.15) is 0 Å². The van der Waals surface area contributed by atoms with Crippen LogP contribution in [0.5, 0.6) is 0 Å². The standard InChI is InChI=1S/C18H29N3O2/c1-20(2)10-11-22-14-16-5-6-17-18(23-16)7-9-21(17)13-15-4-3-8-19-12-15/h3-4,8,12,16-18H,5-7,9-11,13-14H2,1-2H3/t16-,17+,18+/m1/s1. The van der Waals surface area contributed by atoms with Crippen LogP contribution in [0.25, 0.3) is 0 Å². The van der Waals surface area contributed by atoms with E-state index in [1.807, 2.05) is 18.5 Å². The van der Waals surface area contributed by atoms with E-state index >= 15 is 0 Å². The van der Waals surface area contributed by atoms with Gasteiger partial charge < -0.3 is 14.4 Å². The first-order valence-electron chi connectivity index (χ1n) is 8.73. The van der Waals surface area contributed by atoms with Crippen LogP contribution in [-0.2, 0) is 16.0 Å². The summed E-state index contributed by atoms with van der Waals surface area (Å²) in [6.45, 7) is 4.60. The van der Waals surface area contributed by atoms with E-state index in [0.29, 0.717) is 12.1 Å². The van der Waals surface area contributed by atoms with Crippen LogP contribution in [0.2, 0.25) is 0 Å². The summed E-state index contributed by atoms with van der Waals surface area (Å²) in [5.74, 6) is 0. The van der Waals surface area contributed by atoms with Crippen molar-refractivity contribution in [2.75, 3.05) is 40.4 Å². The Balaban J connectivity index is 1.43. The van der Waals surface area contributed by atoms with Crippen molar-refractivity contribution in [2.45, 2.75) is 44.1 Å². The number of pyridine rings is 1. The molecule has 0 bridgehead atoms. The molecule has 0 N–H and O–H groups in total. The van der Waals surface area contributed by atoms with E-state index in [1.54, 1.807) is 0 Å². The summed E-state index contributed by atoms with van der Waals surface area (Å²) in [5, 5.41) is 0. The molecule has 5 heteroatoms. The second-order valence-electron chi connectivity index (χ2n) is 6.94. The summed E-state index contributed by atoms with van der Waals surface area (Å²) in [6.07, 6.45) is 7.91. The molecule has 1 aromatic rings. The van der Waals surface area contributed by atoms with Crippen molar-refractivity contribution in [1.82, 2.24) is 14.8 Å². The van der Waals surface area contributed by atoms with Crippen molar-refractivity contribution in [3.8, 4) is 0 Å². The van der Waals surface area contributed by atoms with Gasteiger partial charge in [0.05, 0.1) is 25.4 Å². The first-order valence-corrected chi connectivity index (χ1v) is 8.73. The Morgan fingerprint density at radius 1 is 1.35 bits per heavy atom. The summed E-state index contributed by atoms with van der Waals surface area (Å²) < 4.78 is 12.1. The molecule has 0 radical (unpaired) electrons. The molecule has 3 rings (SSSR count). The van der Waals surface area contributed by atoms with Gasteiger partial charge in [-0.3, -0.25) is 9.88 Å². The fourth-order valence-electron chi connectivity index (χ4n) is 3.59. The smallest absolute Gasteiger partial charge is 0.0813 e. The van der Waals surface area contributed by atoms with Crippen LogP contribution >= 0.6 is 0 Å². The highest BCUT2D eigenvalue weighted by Gasteiger charge is 2.39. The minimum absolute atomic E-state index is 0.275. The van der Waals surface area contributed by atoms with Gasteiger partial charge in [0, 0.05) is 38.1 Å². The minimum Gasteiger partial charge on any atom is -0.377 e. The predicted octanol–water partition coefficient (Wildman–Crippen LogP) is 1.78. The minimum atomic E-state index is 0.275. The van der Waals surface area contributed by atoms with Crippen LogP contribution in [0.3, 0.4) is 0 Å². The molecule has 2 aliphatic rings. The molecule has 23 heavy (non-hydrogen) atoms. The van der Waals surface area contributed by atoms with Gasteiger partial charge in [0.15, 0.2) is 0 Å². The molecular weight excluding hydrogens is 290 g/mol. The van der Waals surface area contributed by atoms with E-state index in [1.165, 1.54) is 12.0 Å². The van der Waals surface area contributed by atoms with Crippen LogP contribution in [0.1, 0.15) is 24.8 Å². The molecule has 5 nitrogen and oxygen atoms in total. The largest absolute Gasteiger partial charge is 0.377 e. The maximum atomic E-state index is 6.29. The Labute approximate surface area is 139 Å². The molecule has 0 aromatic carbocycles. The Kier molecular flexibility index (Phi) is 6.00. The summed E-state index contributed by atoms with van der Waals surface area (Å²) in [4.78, 5) is 8.92. The third-order valence-corrected chi connectivity index (χ3v) is 4.85. The maximum Gasteiger partial charge on any atom is 0.0813 e. The number of nitrogens with zero attached hydrogens (tertiary/aromatic N) is 3. The zero-order valence-corrected chi connectivity index (χ0v) is 14.4. The van der Waals surface area contributed by atoms with Crippen LogP contribution in [0.4, 0.5) is 0 Å². The Hall–Kier alpha value is -1.01. The molecular formula is C18H29N3O2. The van der Waals surface area contributed by atoms with Crippen molar-refractivity contribution in [2.24, 2.45) is 0 Å². The van der Waals surface area contributed by atoms with Crippen molar-refractivity contribution in [3.05, 3.63) is 30.1 Å². The lowest BCUT2D eigenvalue weighted by atomic mass is 9.99. The second-order valence-corrected chi connectivity index (χ2v) is 6.94. The number of hydrogen-bond acceptors (Lipinski definition) is 5. The van der Waals surface area contributed by atoms with Gasteiger partial charge in [0.2, 0.25) is 0 Å². The number of hydrogen-bond donors (Lipinski definition) is 0. The zero-order chi connectivity index (χ0) is 16.1. The first kappa shape index (κ1) is 16.8. The first-order chi connectivity index (χ1) is 11.2. The molecule has 2 aliphatic heterocycles. The number of aromatic nitrogens is 1. The Morgan fingerprint density at radius 3 is 3.04 bits per heavy atom. The van der Waals surface area contributed by atoms with Gasteiger partial charge in [0.1, 0.15) is 0 Å². The van der Waals surface area contributed by atoms with Gasteiger partial charge in [-0.1, -0.05) is 6.07 Å². The lowest BCUT2D eigenvalue weighted by Gasteiger charge is -2.36. The maximum absolute atomic E-state index is 6.29. The van der Waals surface area contributed by atoms with E-state index in [0.717, 1.165) is 45.7 Å². The second kappa shape index (κ2) is 8.20. The molecule has 128 valence electrons. The summed E-state index contributed by atoms with van der Waals surface area (Å²) in [6, 6.07) is 4.74. The van der Waals surface area contributed by atoms with E-state index in [-0.39, 0.29) is 6.10 Å². The van der Waals surface area contributed by atoms with E-state index in [4.69, 9.17) is 9.47 Å². The number of ether oxygens (including phenoxy) is 2. The number of rotatable bonds is 7. The molecule has 0 unspecified atom stereocenters. The highest BCUT2D eigenvalue weighted by Crippen LogP contribution is 2.32. The van der Waals surface area contributed by atoms with Gasteiger partial charge >= 0.3 is 0 Å². The quantitative estimate of drug-likeness (QED) is 0.716. The SMILES string of the molecule is CN(C)CCOC[C@H]1CC[C@H]2[C@H](CCN2Cc2cccnc2)O1.